The zero-order chi connectivity index (χ0) is 20.0. The molecule has 3 rings (SSSR count). The molecule has 0 unspecified atom stereocenters. The Labute approximate surface area is 168 Å². The Bertz CT molecular complexity index is 910. The smallest absolute Gasteiger partial charge is 0.406 e. The van der Waals surface area contributed by atoms with Crippen LogP contribution in [-0.4, -0.2) is 12.3 Å². The molecule has 0 aliphatic rings. The Morgan fingerprint density at radius 3 is 2.46 bits per heavy atom. The molecule has 0 aliphatic heterocycles. The average Bonchev–Trinajstić information content (AvgIpc) is 3.18. The van der Waals surface area contributed by atoms with Gasteiger partial charge in [-0.1, -0.05) is 30.3 Å². The third-order valence-corrected chi connectivity index (χ3v) is 5.87. The van der Waals surface area contributed by atoms with Gasteiger partial charge in [-0.15, -0.1) is 36.3 Å². The predicted octanol–water partition coefficient (Wildman–Crippen LogP) is 5.87. The van der Waals surface area contributed by atoms with Gasteiger partial charge in [-0.2, -0.15) is 0 Å². The number of amides is 1. The van der Waals surface area contributed by atoms with Crippen molar-refractivity contribution in [3.05, 3.63) is 82.0 Å². The van der Waals surface area contributed by atoms with Crippen molar-refractivity contribution in [2.75, 3.05) is 0 Å². The maximum atomic E-state index is 12.6. The van der Waals surface area contributed by atoms with Crippen LogP contribution in [0.1, 0.15) is 20.8 Å². The Kier molecular flexibility index (Phi) is 6.64. The molecule has 0 fully saturated rings. The van der Waals surface area contributed by atoms with Crippen molar-refractivity contribution in [2.24, 2.45) is 0 Å². The van der Waals surface area contributed by atoms with Gasteiger partial charge in [-0.25, -0.2) is 0 Å². The number of ether oxygens (including phenoxy) is 1. The molecular weight excluding hydrogens is 407 g/mol. The zero-order valence-corrected chi connectivity index (χ0v) is 16.2. The molecule has 2 aromatic carbocycles. The molecule has 8 heteroatoms. The van der Waals surface area contributed by atoms with E-state index >= 15 is 0 Å². The third kappa shape index (κ3) is 6.03. The van der Waals surface area contributed by atoms with Gasteiger partial charge in [0.15, 0.2) is 0 Å². The summed E-state index contributed by atoms with van der Waals surface area (Å²) in [6.45, 7) is 0.203. The second-order valence-electron chi connectivity index (χ2n) is 5.74. The SMILES string of the molecule is O=C(NCc1ccc(OC(F)(F)F)cc1)c1ccccc1SCc1cccs1. The molecule has 1 aromatic heterocycles. The first-order valence-electron chi connectivity index (χ1n) is 8.28. The maximum absolute atomic E-state index is 12.6. The Balaban J connectivity index is 1.59. The molecule has 0 saturated heterocycles. The predicted molar refractivity (Wildman–Crippen MR) is 105 cm³/mol. The molecule has 1 amide bonds. The fourth-order valence-electron chi connectivity index (χ4n) is 2.41. The summed E-state index contributed by atoms with van der Waals surface area (Å²) in [6, 6.07) is 16.8. The summed E-state index contributed by atoms with van der Waals surface area (Å²) in [7, 11) is 0. The number of hydrogen-bond acceptors (Lipinski definition) is 4. The van der Waals surface area contributed by atoms with Crippen LogP contribution in [0.3, 0.4) is 0 Å². The standard InChI is InChI=1S/C20H16F3NO2S2/c21-20(22,23)26-15-9-7-14(8-10-15)12-24-19(25)17-5-1-2-6-18(17)28-13-16-4-3-11-27-16/h1-11H,12-13H2,(H,24,25). The zero-order valence-electron chi connectivity index (χ0n) is 14.5. The third-order valence-electron chi connectivity index (χ3n) is 3.69. The van der Waals surface area contributed by atoms with Crippen LogP contribution in [0.4, 0.5) is 13.2 Å². The Morgan fingerprint density at radius 2 is 1.79 bits per heavy atom. The van der Waals surface area contributed by atoms with Gasteiger partial charge in [0, 0.05) is 22.1 Å². The monoisotopic (exact) mass is 423 g/mol. The first-order valence-corrected chi connectivity index (χ1v) is 10.1. The summed E-state index contributed by atoms with van der Waals surface area (Å²) >= 11 is 3.25. The maximum Gasteiger partial charge on any atom is 0.573 e. The van der Waals surface area contributed by atoms with Crippen LogP contribution in [0.5, 0.6) is 5.75 Å². The van der Waals surface area contributed by atoms with Gasteiger partial charge in [0.2, 0.25) is 0 Å². The number of carbonyl (C=O) groups excluding carboxylic acids is 1. The van der Waals surface area contributed by atoms with E-state index in [1.165, 1.54) is 29.1 Å². The summed E-state index contributed by atoms with van der Waals surface area (Å²) in [5.74, 6) is 0.255. The van der Waals surface area contributed by atoms with Crippen LogP contribution in [0.2, 0.25) is 0 Å². The molecule has 1 N–H and O–H groups in total. The second-order valence-corrected chi connectivity index (χ2v) is 7.79. The van der Waals surface area contributed by atoms with E-state index in [0.29, 0.717) is 11.1 Å². The molecule has 1 heterocycles. The molecule has 0 radical (unpaired) electrons. The van der Waals surface area contributed by atoms with Crippen molar-refractivity contribution in [1.29, 1.82) is 0 Å². The Hall–Kier alpha value is -2.45. The minimum atomic E-state index is -4.72. The van der Waals surface area contributed by atoms with Crippen molar-refractivity contribution in [1.82, 2.24) is 5.32 Å². The first-order chi connectivity index (χ1) is 13.4. The number of carbonyl (C=O) groups is 1. The van der Waals surface area contributed by atoms with Crippen LogP contribution in [0, 0.1) is 0 Å². The number of rotatable bonds is 7. The van der Waals surface area contributed by atoms with Gasteiger partial charge in [0.25, 0.3) is 5.91 Å². The number of benzene rings is 2. The molecule has 146 valence electrons. The van der Waals surface area contributed by atoms with Crippen molar-refractivity contribution in [3.8, 4) is 5.75 Å². The molecule has 3 nitrogen and oxygen atoms in total. The fraction of sp³-hybridized carbons (Fsp3) is 0.150. The van der Waals surface area contributed by atoms with E-state index in [4.69, 9.17) is 0 Å². The Morgan fingerprint density at radius 1 is 1.04 bits per heavy atom. The fourth-order valence-corrected chi connectivity index (χ4v) is 4.23. The quantitative estimate of drug-likeness (QED) is 0.483. The van der Waals surface area contributed by atoms with Crippen LogP contribution in [0.15, 0.2) is 70.9 Å². The summed E-state index contributed by atoms with van der Waals surface area (Å²) in [4.78, 5) is 14.7. The molecule has 0 bridgehead atoms. The molecule has 0 spiro atoms. The van der Waals surface area contributed by atoms with Crippen LogP contribution in [-0.2, 0) is 12.3 Å². The number of alkyl halides is 3. The number of thiophene rings is 1. The highest BCUT2D eigenvalue weighted by atomic mass is 32.2. The van der Waals surface area contributed by atoms with E-state index in [1.807, 2.05) is 29.6 Å². The van der Waals surface area contributed by atoms with E-state index in [0.717, 1.165) is 10.6 Å². The minimum absolute atomic E-state index is 0.203. The van der Waals surface area contributed by atoms with Crippen molar-refractivity contribution >= 4 is 29.0 Å². The lowest BCUT2D eigenvalue weighted by atomic mass is 10.2. The molecule has 3 aromatic rings. The lowest BCUT2D eigenvalue weighted by Gasteiger charge is -2.11. The summed E-state index contributed by atoms with van der Waals surface area (Å²) in [6.07, 6.45) is -4.72. The molecule has 0 atom stereocenters. The molecule has 0 aliphatic carbocycles. The highest BCUT2D eigenvalue weighted by Crippen LogP contribution is 2.28. The molecule has 0 saturated carbocycles. The molecular formula is C20H16F3NO2S2. The van der Waals surface area contributed by atoms with Crippen LogP contribution < -0.4 is 10.1 Å². The highest BCUT2D eigenvalue weighted by Gasteiger charge is 2.30. The highest BCUT2D eigenvalue weighted by molar-refractivity contribution is 7.98. The van der Waals surface area contributed by atoms with Crippen LogP contribution >= 0.6 is 23.1 Å². The van der Waals surface area contributed by atoms with E-state index in [1.54, 1.807) is 35.2 Å². The van der Waals surface area contributed by atoms with E-state index in [2.05, 4.69) is 10.1 Å². The second kappa shape index (κ2) is 9.16. The van der Waals surface area contributed by atoms with Crippen LogP contribution in [0.25, 0.3) is 0 Å². The van der Waals surface area contributed by atoms with Gasteiger partial charge in [0.05, 0.1) is 5.56 Å². The minimum Gasteiger partial charge on any atom is -0.406 e. The van der Waals surface area contributed by atoms with Crippen molar-refractivity contribution in [3.63, 3.8) is 0 Å². The lowest BCUT2D eigenvalue weighted by molar-refractivity contribution is -0.274. The number of hydrogen-bond donors (Lipinski definition) is 1. The van der Waals surface area contributed by atoms with Gasteiger partial charge in [-0.3, -0.25) is 4.79 Å². The van der Waals surface area contributed by atoms with Gasteiger partial charge < -0.3 is 10.1 Å². The van der Waals surface area contributed by atoms with E-state index in [9.17, 15) is 18.0 Å². The number of thioether (sulfide) groups is 1. The van der Waals surface area contributed by atoms with E-state index in [-0.39, 0.29) is 18.2 Å². The van der Waals surface area contributed by atoms with Crippen molar-refractivity contribution in [2.45, 2.75) is 23.6 Å². The lowest BCUT2D eigenvalue weighted by Crippen LogP contribution is -2.23. The van der Waals surface area contributed by atoms with Gasteiger partial charge >= 0.3 is 6.36 Å². The first kappa shape index (κ1) is 20.3. The normalized spacial score (nSPS) is 11.2. The summed E-state index contributed by atoms with van der Waals surface area (Å²) in [5, 5.41) is 4.82. The van der Waals surface area contributed by atoms with Gasteiger partial charge in [-0.05, 0) is 41.3 Å². The summed E-state index contributed by atoms with van der Waals surface area (Å²) in [5.41, 5.74) is 1.24. The number of halogens is 3. The van der Waals surface area contributed by atoms with Gasteiger partial charge in [0.1, 0.15) is 5.75 Å². The van der Waals surface area contributed by atoms with Crippen molar-refractivity contribution < 1.29 is 22.7 Å². The van der Waals surface area contributed by atoms with E-state index < -0.39 is 6.36 Å². The number of nitrogens with one attached hydrogen (secondary N) is 1. The largest absolute Gasteiger partial charge is 0.573 e. The molecule has 28 heavy (non-hydrogen) atoms. The summed E-state index contributed by atoms with van der Waals surface area (Å²) < 4.78 is 40.4. The topological polar surface area (TPSA) is 38.3 Å². The average molecular weight is 423 g/mol.